The Morgan fingerprint density at radius 2 is 1.76 bits per heavy atom. The number of hydrogen-bond donors (Lipinski definition) is 2. The van der Waals surface area contributed by atoms with Gasteiger partial charge in [0.25, 0.3) is 0 Å². The molecular weight excluding hydrogens is 314 g/mol. The first-order valence-electron chi connectivity index (χ1n) is 8.40. The van der Waals surface area contributed by atoms with Crippen LogP contribution in [0.25, 0.3) is 0 Å². The van der Waals surface area contributed by atoms with E-state index in [-0.39, 0.29) is 11.4 Å². The van der Waals surface area contributed by atoms with Crippen molar-refractivity contribution in [3.63, 3.8) is 0 Å². The second-order valence-corrected chi connectivity index (χ2v) is 6.26. The number of carbonyl (C=O) groups excluding carboxylic acids is 1. The summed E-state index contributed by atoms with van der Waals surface area (Å²) in [5, 5.41) is 14.6. The Labute approximate surface area is 147 Å². The van der Waals surface area contributed by atoms with E-state index < -0.39 is 0 Å². The molecule has 0 aromatic heterocycles. The molecule has 0 unspecified atom stereocenters. The number of anilines is 1. The quantitative estimate of drug-likeness (QED) is 0.899. The summed E-state index contributed by atoms with van der Waals surface area (Å²) < 4.78 is 5.52. The Morgan fingerprint density at radius 3 is 2.40 bits per heavy atom. The lowest BCUT2D eigenvalue weighted by atomic mass is 9.74. The van der Waals surface area contributed by atoms with Gasteiger partial charge >= 0.3 is 6.03 Å². The number of rotatable bonds is 4. The second-order valence-electron chi connectivity index (χ2n) is 6.26. The molecule has 2 amide bonds. The summed E-state index contributed by atoms with van der Waals surface area (Å²) in [6.07, 6.45) is 1.77. The van der Waals surface area contributed by atoms with Crippen LogP contribution in [-0.2, 0) is 10.2 Å². The topological polar surface area (TPSA) is 74.2 Å². The van der Waals surface area contributed by atoms with Crippen LogP contribution in [0.1, 0.15) is 24.0 Å². The highest BCUT2D eigenvalue weighted by atomic mass is 16.5. The Balaban J connectivity index is 1.64. The normalized spacial score (nSPS) is 15.8. The number of hydrogen-bond acceptors (Lipinski definition) is 3. The highest BCUT2D eigenvalue weighted by Gasteiger charge is 2.34. The van der Waals surface area contributed by atoms with Crippen molar-refractivity contribution in [1.29, 1.82) is 5.26 Å². The summed E-state index contributed by atoms with van der Waals surface area (Å²) in [5.74, 6) is 0. The maximum atomic E-state index is 12.3. The predicted molar refractivity (Wildman–Crippen MR) is 96.4 cm³/mol. The fourth-order valence-electron chi connectivity index (χ4n) is 3.17. The zero-order valence-electron chi connectivity index (χ0n) is 14.0. The molecule has 0 bridgehead atoms. The molecule has 1 fully saturated rings. The number of nitrogens with zero attached hydrogens (tertiary/aromatic N) is 1. The van der Waals surface area contributed by atoms with E-state index in [1.165, 1.54) is 5.56 Å². The van der Waals surface area contributed by atoms with Gasteiger partial charge in [-0.2, -0.15) is 5.26 Å². The number of amides is 2. The molecule has 1 aliphatic heterocycles. The fourth-order valence-corrected chi connectivity index (χ4v) is 3.17. The summed E-state index contributed by atoms with van der Waals surface area (Å²) in [5.41, 5.74) is 2.37. The van der Waals surface area contributed by atoms with Crippen molar-refractivity contribution in [3.05, 3.63) is 65.7 Å². The summed E-state index contributed by atoms with van der Waals surface area (Å²) in [4.78, 5) is 12.3. The van der Waals surface area contributed by atoms with Crippen molar-refractivity contribution in [2.24, 2.45) is 0 Å². The van der Waals surface area contributed by atoms with Gasteiger partial charge in [0.15, 0.2) is 0 Å². The third kappa shape index (κ3) is 4.17. The molecule has 0 spiro atoms. The molecule has 1 aliphatic rings. The van der Waals surface area contributed by atoms with Gasteiger partial charge in [-0.05, 0) is 42.7 Å². The maximum Gasteiger partial charge on any atom is 0.319 e. The molecule has 5 heteroatoms. The van der Waals surface area contributed by atoms with E-state index in [1.54, 1.807) is 24.3 Å². The van der Waals surface area contributed by atoms with Crippen molar-refractivity contribution in [1.82, 2.24) is 5.32 Å². The Morgan fingerprint density at radius 1 is 1.08 bits per heavy atom. The molecule has 0 atom stereocenters. The number of urea groups is 1. The van der Waals surface area contributed by atoms with Gasteiger partial charge in [-0.1, -0.05) is 30.3 Å². The highest BCUT2D eigenvalue weighted by molar-refractivity contribution is 5.89. The molecule has 5 nitrogen and oxygen atoms in total. The van der Waals surface area contributed by atoms with Crippen LogP contribution < -0.4 is 10.6 Å². The number of carbonyl (C=O) groups is 1. The summed E-state index contributed by atoms with van der Waals surface area (Å²) in [6, 6.07) is 18.9. The van der Waals surface area contributed by atoms with E-state index in [2.05, 4.69) is 28.8 Å². The average molecular weight is 335 g/mol. The maximum absolute atomic E-state index is 12.3. The zero-order chi connectivity index (χ0) is 17.5. The zero-order valence-corrected chi connectivity index (χ0v) is 14.0. The molecule has 1 saturated heterocycles. The lowest BCUT2D eigenvalue weighted by Crippen LogP contribution is -2.45. The van der Waals surface area contributed by atoms with Gasteiger partial charge < -0.3 is 15.4 Å². The van der Waals surface area contributed by atoms with Gasteiger partial charge in [0, 0.05) is 30.9 Å². The van der Waals surface area contributed by atoms with Crippen LogP contribution in [0.15, 0.2) is 54.6 Å². The third-order valence-electron chi connectivity index (χ3n) is 4.70. The monoisotopic (exact) mass is 335 g/mol. The van der Waals surface area contributed by atoms with Crippen molar-refractivity contribution in [3.8, 4) is 6.07 Å². The Hall–Kier alpha value is -2.84. The standard InChI is InChI=1S/C20H21N3O2/c21-14-16-6-8-18(9-7-16)23-19(24)22-15-20(10-12-25-13-11-20)17-4-2-1-3-5-17/h1-9H,10-13,15H2,(H2,22,23,24). The molecule has 2 aromatic rings. The molecule has 0 radical (unpaired) electrons. The molecule has 128 valence electrons. The van der Waals surface area contributed by atoms with Crippen molar-refractivity contribution in [2.45, 2.75) is 18.3 Å². The third-order valence-corrected chi connectivity index (χ3v) is 4.70. The second kappa shape index (κ2) is 7.82. The van der Waals surface area contributed by atoms with Crippen LogP contribution in [-0.4, -0.2) is 25.8 Å². The van der Waals surface area contributed by atoms with Gasteiger partial charge in [0.1, 0.15) is 0 Å². The van der Waals surface area contributed by atoms with E-state index in [0.717, 1.165) is 12.8 Å². The first-order valence-corrected chi connectivity index (χ1v) is 8.40. The van der Waals surface area contributed by atoms with Crippen molar-refractivity contribution >= 4 is 11.7 Å². The molecule has 3 rings (SSSR count). The number of nitrogens with one attached hydrogen (secondary N) is 2. The predicted octanol–water partition coefficient (Wildman–Crippen LogP) is 3.43. The highest BCUT2D eigenvalue weighted by Crippen LogP contribution is 2.34. The van der Waals surface area contributed by atoms with Crippen LogP contribution in [0.2, 0.25) is 0 Å². The van der Waals surface area contributed by atoms with Crippen LogP contribution in [0.4, 0.5) is 10.5 Å². The van der Waals surface area contributed by atoms with E-state index in [0.29, 0.717) is 31.0 Å². The van der Waals surface area contributed by atoms with Gasteiger partial charge in [0.05, 0.1) is 11.6 Å². The van der Waals surface area contributed by atoms with E-state index in [4.69, 9.17) is 10.00 Å². The van der Waals surface area contributed by atoms with Crippen LogP contribution in [0, 0.1) is 11.3 Å². The molecule has 0 aliphatic carbocycles. The van der Waals surface area contributed by atoms with Crippen LogP contribution in [0.5, 0.6) is 0 Å². The van der Waals surface area contributed by atoms with Crippen LogP contribution in [0.3, 0.4) is 0 Å². The first-order chi connectivity index (χ1) is 12.2. The lowest BCUT2D eigenvalue weighted by molar-refractivity contribution is 0.0508. The fraction of sp³-hybridized carbons (Fsp3) is 0.300. The van der Waals surface area contributed by atoms with Crippen molar-refractivity contribution in [2.75, 3.05) is 25.1 Å². The van der Waals surface area contributed by atoms with Gasteiger partial charge in [0.2, 0.25) is 0 Å². The Bertz CT molecular complexity index is 745. The summed E-state index contributed by atoms with van der Waals surface area (Å²) in [6.45, 7) is 1.96. The number of nitriles is 1. The van der Waals surface area contributed by atoms with Gasteiger partial charge in [-0.25, -0.2) is 4.79 Å². The van der Waals surface area contributed by atoms with E-state index in [9.17, 15) is 4.79 Å². The largest absolute Gasteiger partial charge is 0.381 e. The van der Waals surface area contributed by atoms with Gasteiger partial charge in [-0.15, -0.1) is 0 Å². The van der Waals surface area contributed by atoms with E-state index in [1.807, 2.05) is 18.2 Å². The molecular formula is C20H21N3O2. The first kappa shape index (κ1) is 17.0. The molecule has 25 heavy (non-hydrogen) atoms. The summed E-state index contributed by atoms with van der Waals surface area (Å²) in [7, 11) is 0. The van der Waals surface area contributed by atoms with E-state index >= 15 is 0 Å². The molecule has 2 aromatic carbocycles. The minimum absolute atomic E-state index is 0.0957. The molecule has 0 saturated carbocycles. The van der Waals surface area contributed by atoms with Crippen molar-refractivity contribution < 1.29 is 9.53 Å². The number of benzene rings is 2. The smallest absolute Gasteiger partial charge is 0.319 e. The summed E-state index contributed by atoms with van der Waals surface area (Å²) >= 11 is 0. The minimum Gasteiger partial charge on any atom is -0.381 e. The average Bonchev–Trinajstić information content (AvgIpc) is 2.68. The Kier molecular flexibility index (Phi) is 5.32. The number of ether oxygens (including phenoxy) is 1. The van der Waals surface area contributed by atoms with Crippen LogP contribution >= 0.6 is 0 Å². The minimum atomic E-state index is -0.244. The van der Waals surface area contributed by atoms with Gasteiger partial charge in [-0.3, -0.25) is 0 Å². The lowest BCUT2D eigenvalue weighted by Gasteiger charge is -2.38. The molecule has 2 N–H and O–H groups in total. The molecule has 1 heterocycles. The SMILES string of the molecule is N#Cc1ccc(NC(=O)NCC2(c3ccccc3)CCOCC2)cc1.